The third kappa shape index (κ3) is 3.76. The second-order valence-electron chi connectivity index (χ2n) is 9.18. The van der Waals surface area contributed by atoms with Crippen molar-refractivity contribution in [1.29, 1.82) is 0 Å². The number of hydrogen-bond acceptors (Lipinski definition) is 5. The number of allylic oxidation sites excluding steroid dienone is 2. The molecule has 33 heavy (non-hydrogen) atoms. The van der Waals surface area contributed by atoms with Crippen LogP contribution in [0.1, 0.15) is 43.9 Å². The van der Waals surface area contributed by atoms with Crippen molar-refractivity contribution >= 4 is 23.2 Å². The number of methoxy groups -OCH3 is 1. The zero-order valence-corrected chi connectivity index (χ0v) is 19.4. The van der Waals surface area contributed by atoms with Crippen LogP contribution in [0, 0.1) is 11.2 Å². The van der Waals surface area contributed by atoms with Gasteiger partial charge in [-0.1, -0.05) is 55.5 Å². The maximum Gasteiger partial charge on any atom is 0.271 e. The Morgan fingerprint density at radius 1 is 1.12 bits per heavy atom. The fraction of sp³-hybridized carbons (Fsp3) is 0.269. The van der Waals surface area contributed by atoms with Crippen molar-refractivity contribution in [3.63, 3.8) is 0 Å². The van der Waals surface area contributed by atoms with Gasteiger partial charge in [-0.2, -0.15) is 0 Å². The summed E-state index contributed by atoms with van der Waals surface area (Å²) in [6.45, 7) is 4.06. The van der Waals surface area contributed by atoms with Gasteiger partial charge in [0, 0.05) is 17.6 Å². The molecule has 3 aromatic rings. The van der Waals surface area contributed by atoms with Crippen LogP contribution in [-0.4, -0.2) is 17.5 Å². The highest BCUT2D eigenvalue weighted by Crippen LogP contribution is 2.43. The molecular formula is C26H23FN2O3S. The Bertz CT molecular complexity index is 1480. The molecule has 2 heterocycles. The molecule has 0 saturated heterocycles. The number of carbonyl (C=O) groups excluding carboxylic acids is 1. The Balaban J connectivity index is 1.75. The van der Waals surface area contributed by atoms with Gasteiger partial charge in [0.15, 0.2) is 10.6 Å². The van der Waals surface area contributed by atoms with Crippen molar-refractivity contribution in [3.05, 3.63) is 96.4 Å². The fourth-order valence-corrected chi connectivity index (χ4v) is 5.61. The van der Waals surface area contributed by atoms with E-state index < -0.39 is 11.9 Å². The topological polar surface area (TPSA) is 60.7 Å². The summed E-state index contributed by atoms with van der Waals surface area (Å²) >= 11 is 1.26. The number of hydrogen-bond donors (Lipinski definition) is 0. The van der Waals surface area contributed by atoms with Crippen molar-refractivity contribution in [2.75, 3.05) is 7.11 Å². The van der Waals surface area contributed by atoms with E-state index in [1.54, 1.807) is 31.4 Å². The molecule has 0 radical (unpaired) electrons. The number of Topliss-reactive ketones (excluding diaryl/α,β-unsaturated/α-hetero) is 1. The minimum Gasteiger partial charge on any atom is -0.497 e. The number of halogens is 1. The molecule has 0 bridgehead atoms. The van der Waals surface area contributed by atoms with E-state index in [0.717, 1.165) is 11.3 Å². The smallest absolute Gasteiger partial charge is 0.271 e. The summed E-state index contributed by atoms with van der Waals surface area (Å²) in [5.74, 6) is 0.197. The first-order valence-electron chi connectivity index (χ1n) is 10.7. The van der Waals surface area contributed by atoms with Crippen molar-refractivity contribution < 1.29 is 13.9 Å². The summed E-state index contributed by atoms with van der Waals surface area (Å²) in [4.78, 5) is 32.0. The van der Waals surface area contributed by atoms with Crippen LogP contribution < -0.4 is 19.6 Å². The van der Waals surface area contributed by atoms with E-state index in [1.807, 2.05) is 38.1 Å². The lowest BCUT2D eigenvalue weighted by Gasteiger charge is -2.35. The minimum absolute atomic E-state index is 0.0808. The third-order valence-corrected chi connectivity index (χ3v) is 7.09. The summed E-state index contributed by atoms with van der Waals surface area (Å²) in [5.41, 5.74) is 1.71. The number of benzene rings is 2. The number of ketones is 1. The highest BCUT2D eigenvalue weighted by Gasteiger charge is 2.41. The minimum atomic E-state index is -0.820. The fourth-order valence-electron chi connectivity index (χ4n) is 4.59. The zero-order valence-electron chi connectivity index (χ0n) is 18.6. The van der Waals surface area contributed by atoms with Crippen LogP contribution >= 0.6 is 11.3 Å². The normalized spacial score (nSPS) is 19.7. The van der Waals surface area contributed by atoms with Gasteiger partial charge in [0.2, 0.25) is 0 Å². The summed E-state index contributed by atoms with van der Waals surface area (Å²) in [7, 11) is 1.60. The summed E-state index contributed by atoms with van der Waals surface area (Å²) in [6.07, 6.45) is 2.73. The van der Waals surface area contributed by atoms with Crippen molar-refractivity contribution in [3.8, 4) is 5.75 Å². The van der Waals surface area contributed by atoms with Crippen LogP contribution in [0.15, 0.2) is 69.6 Å². The summed E-state index contributed by atoms with van der Waals surface area (Å²) in [6, 6.07) is 12.9. The SMILES string of the molecule is COc1ccc(C=c2sc3n(c2=O)C(c2ccccc2F)C2=C(CC(C)(C)CC2=O)N=3)cc1. The highest BCUT2D eigenvalue weighted by molar-refractivity contribution is 7.07. The molecule has 2 aliphatic rings. The molecule has 1 atom stereocenters. The molecule has 1 unspecified atom stereocenters. The molecule has 0 N–H and O–H groups in total. The lowest BCUT2D eigenvalue weighted by molar-refractivity contribution is -0.118. The van der Waals surface area contributed by atoms with Crippen molar-refractivity contribution in [2.24, 2.45) is 10.4 Å². The largest absolute Gasteiger partial charge is 0.497 e. The molecule has 7 heteroatoms. The predicted octanol–water partition coefficient (Wildman–Crippen LogP) is 3.75. The molecule has 2 aromatic carbocycles. The highest BCUT2D eigenvalue weighted by atomic mass is 32.1. The van der Waals surface area contributed by atoms with E-state index >= 15 is 0 Å². The van der Waals surface area contributed by atoms with E-state index in [-0.39, 0.29) is 16.8 Å². The lowest BCUT2D eigenvalue weighted by Crippen LogP contribution is -2.42. The van der Waals surface area contributed by atoms with E-state index in [9.17, 15) is 14.0 Å². The number of nitrogens with zero attached hydrogens (tertiary/aromatic N) is 2. The molecule has 1 aromatic heterocycles. The zero-order chi connectivity index (χ0) is 23.3. The maximum atomic E-state index is 15.0. The Labute approximate surface area is 194 Å². The molecule has 0 amide bonds. The van der Waals surface area contributed by atoms with E-state index in [0.29, 0.717) is 39.0 Å². The number of fused-ring (bicyclic) bond motifs is 1. The van der Waals surface area contributed by atoms with Crippen molar-refractivity contribution in [1.82, 2.24) is 4.57 Å². The van der Waals surface area contributed by atoms with Gasteiger partial charge < -0.3 is 4.74 Å². The van der Waals surface area contributed by atoms with Gasteiger partial charge in [0.05, 0.1) is 23.4 Å². The Morgan fingerprint density at radius 2 is 1.85 bits per heavy atom. The number of thiazole rings is 1. The van der Waals surface area contributed by atoms with Crippen LogP contribution in [0.2, 0.25) is 0 Å². The monoisotopic (exact) mass is 462 g/mol. The number of ether oxygens (including phenoxy) is 1. The molecule has 1 aliphatic carbocycles. The molecule has 0 fully saturated rings. The van der Waals surface area contributed by atoms with Gasteiger partial charge in [-0.25, -0.2) is 9.38 Å². The second-order valence-corrected chi connectivity index (χ2v) is 10.2. The summed E-state index contributed by atoms with van der Waals surface area (Å²) < 4.78 is 22.1. The Hall–Kier alpha value is -3.32. The van der Waals surface area contributed by atoms with Crippen LogP contribution in [0.5, 0.6) is 5.75 Å². The Morgan fingerprint density at radius 3 is 2.55 bits per heavy atom. The van der Waals surface area contributed by atoms with Gasteiger partial charge in [-0.05, 0) is 41.7 Å². The van der Waals surface area contributed by atoms with Crippen LogP contribution in [0.3, 0.4) is 0 Å². The third-order valence-electron chi connectivity index (χ3n) is 6.11. The van der Waals surface area contributed by atoms with Gasteiger partial charge in [0.25, 0.3) is 5.56 Å². The molecule has 5 rings (SSSR count). The van der Waals surface area contributed by atoms with Crippen LogP contribution in [0.4, 0.5) is 4.39 Å². The van der Waals surface area contributed by atoms with Gasteiger partial charge in [-0.3, -0.25) is 14.2 Å². The lowest BCUT2D eigenvalue weighted by atomic mass is 9.73. The first-order chi connectivity index (χ1) is 15.8. The van der Waals surface area contributed by atoms with Crippen molar-refractivity contribution in [2.45, 2.75) is 32.7 Å². The van der Waals surface area contributed by atoms with Gasteiger partial charge in [-0.15, -0.1) is 0 Å². The molecule has 0 saturated carbocycles. The molecule has 168 valence electrons. The van der Waals surface area contributed by atoms with Gasteiger partial charge in [0.1, 0.15) is 11.6 Å². The van der Waals surface area contributed by atoms with Crippen LogP contribution in [-0.2, 0) is 4.79 Å². The van der Waals surface area contributed by atoms with E-state index in [2.05, 4.69) is 0 Å². The Kier molecular flexibility index (Phi) is 5.16. The molecule has 0 spiro atoms. The van der Waals surface area contributed by atoms with E-state index in [4.69, 9.17) is 9.73 Å². The molecule has 1 aliphatic heterocycles. The first-order valence-corrected chi connectivity index (χ1v) is 11.6. The predicted molar refractivity (Wildman–Crippen MR) is 126 cm³/mol. The molecular weight excluding hydrogens is 439 g/mol. The number of rotatable bonds is 3. The average Bonchev–Trinajstić information content (AvgIpc) is 3.07. The van der Waals surface area contributed by atoms with E-state index in [1.165, 1.54) is 22.0 Å². The summed E-state index contributed by atoms with van der Waals surface area (Å²) in [5, 5.41) is 0. The number of carbonyl (C=O) groups is 1. The standard InChI is InChI=1S/C26H23FN2O3S/c1-26(2)13-19-22(20(30)14-26)23(17-6-4-5-7-18(17)27)29-24(31)21(33-25(29)28-19)12-15-8-10-16(32-3)11-9-15/h4-12,23H,13-14H2,1-3H3. The first kappa shape index (κ1) is 21.5. The quantitative estimate of drug-likeness (QED) is 0.596. The second kappa shape index (κ2) is 7.92. The van der Waals surface area contributed by atoms with Gasteiger partial charge >= 0.3 is 0 Å². The maximum absolute atomic E-state index is 15.0. The average molecular weight is 463 g/mol. The molecule has 5 nitrogen and oxygen atoms in total. The number of aromatic nitrogens is 1. The van der Waals surface area contributed by atoms with Crippen LogP contribution in [0.25, 0.3) is 6.08 Å².